The summed E-state index contributed by atoms with van der Waals surface area (Å²) in [7, 11) is 0. The van der Waals surface area contributed by atoms with Gasteiger partial charge in [0.2, 0.25) is 0 Å². The third kappa shape index (κ3) is 1.41. The number of anilines is 1. The molecule has 1 rings (SSSR count). The molecule has 0 aliphatic carbocycles. The van der Waals surface area contributed by atoms with Crippen LogP contribution in [0.5, 0.6) is 0 Å². The van der Waals surface area contributed by atoms with Crippen molar-refractivity contribution in [1.29, 1.82) is 0 Å². The first-order chi connectivity index (χ1) is 4.75. The number of hydrogen-bond acceptors (Lipinski definition) is 2. The predicted octanol–water partition coefficient (Wildman–Crippen LogP) is 2.21. The minimum Gasteiger partial charge on any atom is -0.397 e. The van der Waals surface area contributed by atoms with Crippen molar-refractivity contribution in [1.82, 2.24) is 4.98 Å². The van der Waals surface area contributed by atoms with Gasteiger partial charge in [0.1, 0.15) is 0 Å². The second-order valence-corrected chi connectivity index (χ2v) is 2.79. The molecule has 0 saturated heterocycles. The number of alkyl halides is 1. The van der Waals surface area contributed by atoms with Gasteiger partial charge in [0.25, 0.3) is 0 Å². The van der Waals surface area contributed by atoms with Gasteiger partial charge in [0, 0.05) is 17.1 Å². The summed E-state index contributed by atoms with van der Waals surface area (Å²) in [6.45, 7) is 0. The minimum absolute atomic E-state index is 0.608. The number of nitrogens with zero attached hydrogens (tertiary/aromatic N) is 1. The number of nitrogen functional groups attached to an aromatic ring is 1. The van der Waals surface area contributed by atoms with E-state index in [4.69, 9.17) is 17.3 Å². The molecule has 1 aromatic rings. The van der Waals surface area contributed by atoms with Crippen LogP contribution in [0.1, 0.15) is 5.56 Å². The van der Waals surface area contributed by atoms with Crippen LogP contribution in [-0.2, 0) is 5.33 Å². The molecular weight excluding hydrogens is 215 g/mol. The maximum absolute atomic E-state index is 5.76. The van der Waals surface area contributed by atoms with Crippen molar-refractivity contribution < 1.29 is 0 Å². The average molecular weight is 221 g/mol. The zero-order chi connectivity index (χ0) is 7.56. The first-order valence-corrected chi connectivity index (χ1v) is 4.19. The van der Waals surface area contributed by atoms with Gasteiger partial charge in [-0.1, -0.05) is 27.5 Å². The summed E-state index contributed by atoms with van der Waals surface area (Å²) in [6.07, 6.45) is 3.16. The summed E-state index contributed by atoms with van der Waals surface area (Å²) in [5, 5.41) is 1.28. The highest BCUT2D eigenvalue weighted by Crippen LogP contribution is 2.22. The van der Waals surface area contributed by atoms with Crippen LogP contribution in [0.2, 0.25) is 5.02 Å². The highest BCUT2D eigenvalue weighted by Gasteiger charge is 2.01. The maximum Gasteiger partial charge on any atom is 0.0650 e. The maximum atomic E-state index is 5.76. The van der Waals surface area contributed by atoms with E-state index in [0.29, 0.717) is 16.0 Å². The van der Waals surface area contributed by atoms with E-state index in [1.807, 2.05) is 0 Å². The second kappa shape index (κ2) is 3.21. The number of nitrogens with two attached hydrogens (primary N) is 1. The summed E-state index contributed by atoms with van der Waals surface area (Å²) in [4.78, 5) is 3.81. The summed E-state index contributed by atoms with van der Waals surface area (Å²) >= 11 is 9.02. The molecule has 0 aromatic carbocycles. The molecule has 0 amide bonds. The summed E-state index contributed by atoms with van der Waals surface area (Å²) in [5.74, 6) is 0. The standard InChI is InChI=1S/C6H6BrClN2/c7-1-4-5(8)2-10-3-6(4)9/h2-3H,1,9H2. The summed E-state index contributed by atoms with van der Waals surface area (Å²) in [6, 6.07) is 0. The minimum atomic E-state index is 0.608. The molecule has 0 aliphatic rings. The molecule has 0 bridgehead atoms. The molecule has 2 N–H and O–H groups in total. The van der Waals surface area contributed by atoms with E-state index in [9.17, 15) is 0 Å². The smallest absolute Gasteiger partial charge is 0.0650 e. The van der Waals surface area contributed by atoms with Crippen molar-refractivity contribution in [2.24, 2.45) is 0 Å². The predicted molar refractivity (Wildman–Crippen MR) is 46.3 cm³/mol. The number of pyridine rings is 1. The Labute approximate surface area is 72.5 Å². The molecular formula is C6H6BrClN2. The summed E-state index contributed by atoms with van der Waals surface area (Å²) < 4.78 is 0. The fraction of sp³-hybridized carbons (Fsp3) is 0.167. The molecule has 0 saturated carbocycles. The molecule has 1 aromatic heterocycles. The molecule has 0 atom stereocenters. The lowest BCUT2D eigenvalue weighted by Gasteiger charge is -2.01. The Balaban J connectivity index is 3.17. The van der Waals surface area contributed by atoms with Gasteiger partial charge >= 0.3 is 0 Å². The molecule has 1 heterocycles. The molecule has 4 heteroatoms. The van der Waals surface area contributed by atoms with E-state index in [1.54, 1.807) is 12.4 Å². The van der Waals surface area contributed by atoms with E-state index in [1.165, 1.54) is 0 Å². The Hall–Kier alpha value is -0.280. The van der Waals surface area contributed by atoms with E-state index >= 15 is 0 Å². The normalized spacial score (nSPS) is 9.80. The fourth-order valence-electron chi connectivity index (χ4n) is 0.618. The van der Waals surface area contributed by atoms with Crippen LogP contribution in [0.3, 0.4) is 0 Å². The molecule has 0 unspecified atom stereocenters. The van der Waals surface area contributed by atoms with Crippen LogP contribution < -0.4 is 5.73 Å². The molecule has 2 nitrogen and oxygen atoms in total. The lowest BCUT2D eigenvalue weighted by Crippen LogP contribution is -1.93. The third-order valence-corrected chi connectivity index (χ3v) is 2.06. The molecule has 10 heavy (non-hydrogen) atoms. The van der Waals surface area contributed by atoms with Crippen molar-refractivity contribution in [2.75, 3.05) is 5.73 Å². The van der Waals surface area contributed by atoms with Crippen molar-refractivity contribution in [3.63, 3.8) is 0 Å². The van der Waals surface area contributed by atoms with Crippen molar-refractivity contribution in [2.45, 2.75) is 5.33 Å². The molecule has 0 spiro atoms. The Bertz CT molecular complexity index is 219. The highest BCUT2D eigenvalue weighted by molar-refractivity contribution is 9.08. The zero-order valence-electron chi connectivity index (χ0n) is 5.14. The highest BCUT2D eigenvalue weighted by atomic mass is 79.9. The summed E-state index contributed by atoms with van der Waals surface area (Å²) in [5.41, 5.74) is 7.08. The topological polar surface area (TPSA) is 38.9 Å². The average Bonchev–Trinajstić information content (AvgIpc) is 1.88. The van der Waals surface area contributed by atoms with Gasteiger partial charge in [0.15, 0.2) is 0 Å². The van der Waals surface area contributed by atoms with Crippen LogP contribution in [0.25, 0.3) is 0 Å². The van der Waals surface area contributed by atoms with Gasteiger partial charge in [-0.3, -0.25) is 4.98 Å². The van der Waals surface area contributed by atoms with E-state index < -0.39 is 0 Å². The number of rotatable bonds is 1. The third-order valence-electron chi connectivity index (χ3n) is 1.17. The Morgan fingerprint density at radius 2 is 2.30 bits per heavy atom. The Kier molecular flexibility index (Phi) is 2.51. The van der Waals surface area contributed by atoms with E-state index in [2.05, 4.69) is 20.9 Å². The zero-order valence-corrected chi connectivity index (χ0v) is 7.48. The van der Waals surface area contributed by atoms with Crippen molar-refractivity contribution in [3.05, 3.63) is 23.0 Å². The Morgan fingerprint density at radius 1 is 1.60 bits per heavy atom. The first-order valence-electron chi connectivity index (χ1n) is 2.69. The Morgan fingerprint density at radius 3 is 2.70 bits per heavy atom. The van der Waals surface area contributed by atoms with Gasteiger partial charge < -0.3 is 5.73 Å². The van der Waals surface area contributed by atoms with Crippen LogP contribution in [-0.4, -0.2) is 4.98 Å². The number of aromatic nitrogens is 1. The van der Waals surface area contributed by atoms with Gasteiger partial charge in [-0.25, -0.2) is 0 Å². The van der Waals surface area contributed by atoms with Crippen LogP contribution in [0.15, 0.2) is 12.4 Å². The van der Waals surface area contributed by atoms with Crippen molar-refractivity contribution >= 4 is 33.2 Å². The second-order valence-electron chi connectivity index (χ2n) is 1.82. The largest absolute Gasteiger partial charge is 0.397 e. The van der Waals surface area contributed by atoms with E-state index in [0.717, 1.165) is 5.56 Å². The lowest BCUT2D eigenvalue weighted by molar-refractivity contribution is 1.28. The molecule has 0 aliphatic heterocycles. The van der Waals surface area contributed by atoms with Crippen LogP contribution in [0.4, 0.5) is 5.69 Å². The number of halogens is 2. The van der Waals surface area contributed by atoms with Crippen LogP contribution in [0, 0.1) is 0 Å². The van der Waals surface area contributed by atoms with E-state index in [-0.39, 0.29) is 0 Å². The SMILES string of the molecule is Nc1cncc(Cl)c1CBr. The van der Waals surface area contributed by atoms with Gasteiger partial charge in [0.05, 0.1) is 16.9 Å². The molecule has 54 valence electrons. The molecule has 0 radical (unpaired) electrons. The van der Waals surface area contributed by atoms with Crippen molar-refractivity contribution in [3.8, 4) is 0 Å². The fourth-order valence-corrected chi connectivity index (χ4v) is 1.64. The lowest BCUT2D eigenvalue weighted by atomic mass is 10.3. The monoisotopic (exact) mass is 220 g/mol. The first kappa shape index (κ1) is 7.82. The quantitative estimate of drug-likeness (QED) is 0.739. The number of hydrogen-bond donors (Lipinski definition) is 1. The van der Waals surface area contributed by atoms with Gasteiger partial charge in [-0.05, 0) is 0 Å². The van der Waals surface area contributed by atoms with Crippen LogP contribution >= 0.6 is 27.5 Å². The van der Waals surface area contributed by atoms with Gasteiger partial charge in [-0.2, -0.15) is 0 Å². The van der Waals surface area contributed by atoms with Gasteiger partial charge in [-0.15, -0.1) is 0 Å². The molecule has 0 fully saturated rings.